The first-order valence-electron chi connectivity index (χ1n) is 6.59. The summed E-state index contributed by atoms with van der Waals surface area (Å²) < 4.78 is 37.7. The van der Waals surface area contributed by atoms with E-state index < -0.39 is 23.6 Å². The minimum Gasteiger partial charge on any atom is -0.318 e. The quantitative estimate of drug-likeness (QED) is 0.512. The van der Waals surface area contributed by atoms with Crippen LogP contribution in [0.5, 0.6) is 0 Å². The van der Waals surface area contributed by atoms with Gasteiger partial charge in [-0.3, -0.25) is 14.6 Å². The van der Waals surface area contributed by atoms with Crippen molar-refractivity contribution in [3.8, 4) is 0 Å². The number of pyridine rings is 1. The molecular formula is C15H11F3N4O2. The van der Waals surface area contributed by atoms with Crippen LogP contribution in [0.4, 0.5) is 18.9 Å². The molecule has 124 valence electrons. The van der Waals surface area contributed by atoms with Crippen molar-refractivity contribution in [2.45, 2.75) is 6.18 Å². The molecule has 24 heavy (non-hydrogen) atoms. The average molecular weight is 336 g/mol. The van der Waals surface area contributed by atoms with Crippen molar-refractivity contribution in [2.24, 2.45) is 5.10 Å². The van der Waals surface area contributed by atoms with Gasteiger partial charge in [0.1, 0.15) is 0 Å². The van der Waals surface area contributed by atoms with Crippen LogP contribution in [-0.4, -0.2) is 23.0 Å². The third kappa shape index (κ3) is 4.90. The van der Waals surface area contributed by atoms with Crippen molar-refractivity contribution in [3.05, 3.63) is 59.9 Å². The zero-order valence-electron chi connectivity index (χ0n) is 12.0. The van der Waals surface area contributed by atoms with Gasteiger partial charge in [0.05, 0.1) is 17.5 Å². The summed E-state index contributed by atoms with van der Waals surface area (Å²) in [7, 11) is 0. The van der Waals surface area contributed by atoms with E-state index in [1.165, 1.54) is 18.5 Å². The molecule has 0 spiro atoms. The van der Waals surface area contributed by atoms with Gasteiger partial charge >= 0.3 is 18.0 Å². The fourth-order valence-corrected chi connectivity index (χ4v) is 1.62. The smallest absolute Gasteiger partial charge is 0.318 e. The molecule has 0 fully saturated rings. The number of hydrazone groups is 1. The van der Waals surface area contributed by atoms with E-state index in [1.807, 2.05) is 5.43 Å². The van der Waals surface area contributed by atoms with E-state index in [0.717, 1.165) is 18.2 Å². The minimum atomic E-state index is -4.55. The van der Waals surface area contributed by atoms with E-state index >= 15 is 0 Å². The van der Waals surface area contributed by atoms with Crippen LogP contribution in [0.25, 0.3) is 0 Å². The van der Waals surface area contributed by atoms with Crippen LogP contribution in [0.2, 0.25) is 0 Å². The molecule has 1 aromatic heterocycles. The molecule has 9 heteroatoms. The molecule has 0 saturated heterocycles. The minimum absolute atomic E-state index is 0.154. The molecule has 2 N–H and O–H groups in total. The summed E-state index contributed by atoms with van der Waals surface area (Å²) in [6.07, 6.45) is -1.81. The van der Waals surface area contributed by atoms with E-state index in [2.05, 4.69) is 15.4 Å². The van der Waals surface area contributed by atoms with Crippen molar-refractivity contribution in [3.63, 3.8) is 0 Å². The Morgan fingerprint density at radius 1 is 1.08 bits per heavy atom. The largest absolute Gasteiger partial charge is 0.416 e. The highest BCUT2D eigenvalue weighted by atomic mass is 19.4. The van der Waals surface area contributed by atoms with E-state index in [1.54, 1.807) is 18.2 Å². The number of alkyl halides is 3. The predicted molar refractivity (Wildman–Crippen MR) is 80.0 cm³/mol. The maximum Gasteiger partial charge on any atom is 0.416 e. The summed E-state index contributed by atoms with van der Waals surface area (Å²) in [5, 5.41) is 5.60. The van der Waals surface area contributed by atoms with Gasteiger partial charge in [0.2, 0.25) is 0 Å². The molecule has 2 aromatic rings. The highest BCUT2D eigenvalue weighted by Gasteiger charge is 2.30. The number of halogens is 3. The van der Waals surface area contributed by atoms with E-state index in [0.29, 0.717) is 5.69 Å². The molecule has 0 aliphatic rings. The zero-order valence-corrected chi connectivity index (χ0v) is 12.0. The highest BCUT2D eigenvalue weighted by Crippen LogP contribution is 2.30. The van der Waals surface area contributed by atoms with Crippen molar-refractivity contribution in [2.75, 3.05) is 5.32 Å². The first-order valence-corrected chi connectivity index (χ1v) is 6.59. The molecule has 2 rings (SSSR count). The normalized spacial score (nSPS) is 11.3. The second kappa shape index (κ2) is 7.36. The Morgan fingerprint density at radius 3 is 2.54 bits per heavy atom. The number of hydrogen-bond acceptors (Lipinski definition) is 4. The summed E-state index contributed by atoms with van der Waals surface area (Å²) in [6, 6.07) is 8.95. The molecule has 0 aliphatic heterocycles. The van der Waals surface area contributed by atoms with Crippen LogP contribution < -0.4 is 10.7 Å². The molecule has 0 radical (unpaired) electrons. The van der Waals surface area contributed by atoms with Crippen LogP contribution in [-0.2, 0) is 15.8 Å². The SMILES string of the molecule is O=C(N/N=C\c1ccccn1)C(=O)Nc1cccc(C(F)(F)F)c1. The number of anilines is 1. The first kappa shape index (κ1) is 17.1. The lowest BCUT2D eigenvalue weighted by molar-refractivity contribution is -0.137. The molecule has 0 atom stereocenters. The lowest BCUT2D eigenvalue weighted by Crippen LogP contribution is -2.32. The van der Waals surface area contributed by atoms with Crippen LogP contribution in [0.3, 0.4) is 0 Å². The molecule has 1 aromatic carbocycles. The Kier molecular flexibility index (Phi) is 5.25. The van der Waals surface area contributed by atoms with Crippen molar-refractivity contribution in [1.82, 2.24) is 10.4 Å². The Balaban J connectivity index is 1.95. The number of carbonyl (C=O) groups is 2. The fourth-order valence-electron chi connectivity index (χ4n) is 1.62. The third-order valence-corrected chi connectivity index (χ3v) is 2.70. The lowest BCUT2D eigenvalue weighted by atomic mass is 10.2. The predicted octanol–water partition coefficient (Wildman–Crippen LogP) is 2.19. The number of rotatable bonds is 3. The lowest BCUT2D eigenvalue weighted by Gasteiger charge is -2.09. The number of nitrogens with zero attached hydrogens (tertiary/aromatic N) is 2. The Bertz CT molecular complexity index is 761. The monoisotopic (exact) mass is 336 g/mol. The van der Waals surface area contributed by atoms with Crippen LogP contribution in [0.1, 0.15) is 11.3 Å². The zero-order chi connectivity index (χ0) is 17.6. The second-order valence-corrected chi connectivity index (χ2v) is 4.49. The Morgan fingerprint density at radius 2 is 1.88 bits per heavy atom. The summed E-state index contributed by atoms with van der Waals surface area (Å²) >= 11 is 0. The number of nitrogens with one attached hydrogen (secondary N) is 2. The van der Waals surface area contributed by atoms with Gasteiger partial charge in [0, 0.05) is 11.9 Å². The fraction of sp³-hybridized carbons (Fsp3) is 0.0667. The molecule has 0 bridgehead atoms. The number of aromatic nitrogens is 1. The molecule has 2 amide bonds. The number of benzene rings is 1. The third-order valence-electron chi connectivity index (χ3n) is 2.70. The Hall–Kier alpha value is -3.23. The molecule has 0 aliphatic carbocycles. The van der Waals surface area contributed by atoms with Gasteiger partial charge in [-0.1, -0.05) is 12.1 Å². The summed E-state index contributed by atoms with van der Waals surface area (Å²) in [5.74, 6) is -2.27. The number of hydrogen-bond donors (Lipinski definition) is 2. The van der Waals surface area contributed by atoms with Crippen LogP contribution in [0.15, 0.2) is 53.8 Å². The van der Waals surface area contributed by atoms with Gasteiger partial charge in [0.15, 0.2) is 0 Å². The van der Waals surface area contributed by atoms with Gasteiger partial charge in [0.25, 0.3) is 0 Å². The maximum atomic E-state index is 12.6. The van der Waals surface area contributed by atoms with E-state index in [-0.39, 0.29) is 5.69 Å². The standard InChI is InChI=1S/C15H11F3N4O2/c16-15(17,18)10-4-3-6-11(8-10)21-13(23)14(24)22-20-9-12-5-1-2-7-19-12/h1-9H,(H,21,23)(H,22,24)/b20-9-. The molecule has 6 nitrogen and oxygen atoms in total. The van der Waals surface area contributed by atoms with Crippen molar-refractivity contribution < 1.29 is 22.8 Å². The second-order valence-electron chi connectivity index (χ2n) is 4.49. The summed E-state index contributed by atoms with van der Waals surface area (Å²) in [5.41, 5.74) is 1.32. The molecule has 0 unspecified atom stereocenters. The van der Waals surface area contributed by atoms with Gasteiger partial charge in [-0.15, -0.1) is 0 Å². The van der Waals surface area contributed by atoms with Gasteiger partial charge in [-0.25, -0.2) is 5.43 Å². The summed E-state index contributed by atoms with van der Waals surface area (Å²) in [6.45, 7) is 0. The average Bonchev–Trinajstić information content (AvgIpc) is 2.55. The van der Waals surface area contributed by atoms with Crippen LogP contribution in [0, 0.1) is 0 Å². The Labute approximate surface area is 134 Å². The highest BCUT2D eigenvalue weighted by molar-refractivity contribution is 6.39. The van der Waals surface area contributed by atoms with Gasteiger partial charge < -0.3 is 5.32 Å². The number of carbonyl (C=O) groups excluding carboxylic acids is 2. The van der Waals surface area contributed by atoms with Crippen molar-refractivity contribution in [1.29, 1.82) is 0 Å². The van der Waals surface area contributed by atoms with Gasteiger partial charge in [-0.2, -0.15) is 18.3 Å². The van der Waals surface area contributed by atoms with E-state index in [9.17, 15) is 22.8 Å². The molecule has 0 saturated carbocycles. The first-order chi connectivity index (χ1) is 11.4. The van der Waals surface area contributed by atoms with Crippen molar-refractivity contribution >= 4 is 23.7 Å². The molecular weight excluding hydrogens is 325 g/mol. The van der Waals surface area contributed by atoms with Gasteiger partial charge in [-0.05, 0) is 30.3 Å². The van der Waals surface area contributed by atoms with E-state index in [4.69, 9.17) is 0 Å². The number of amides is 2. The maximum absolute atomic E-state index is 12.6. The molecule has 1 heterocycles. The van der Waals surface area contributed by atoms with Crippen LogP contribution >= 0.6 is 0 Å². The topological polar surface area (TPSA) is 83.5 Å². The summed E-state index contributed by atoms with van der Waals surface area (Å²) in [4.78, 5) is 27.1.